The van der Waals surface area contributed by atoms with Gasteiger partial charge in [0.2, 0.25) is 0 Å². The van der Waals surface area contributed by atoms with Crippen LogP contribution in [0.4, 0.5) is 4.79 Å². The molecule has 2 atom stereocenters. The van der Waals surface area contributed by atoms with E-state index < -0.39 is 5.60 Å². The summed E-state index contributed by atoms with van der Waals surface area (Å²) < 4.78 is 11.6. The van der Waals surface area contributed by atoms with Gasteiger partial charge in [-0.2, -0.15) is 0 Å². The first kappa shape index (κ1) is 16.6. The van der Waals surface area contributed by atoms with Crippen LogP contribution in [0.5, 0.6) is 0 Å². The number of amides is 1. The number of carbonyl (C=O) groups is 1. The highest BCUT2D eigenvalue weighted by molar-refractivity contribution is 5.68. The van der Waals surface area contributed by atoms with Gasteiger partial charge < -0.3 is 19.7 Å². The summed E-state index contributed by atoms with van der Waals surface area (Å²) >= 11 is 0. The van der Waals surface area contributed by atoms with E-state index in [1.54, 1.807) is 4.90 Å². The Morgan fingerprint density at radius 3 is 2.81 bits per heavy atom. The summed E-state index contributed by atoms with van der Waals surface area (Å²) in [6.07, 6.45) is 1.73. The van der Waals surface area contributed by atoms with E-state index in [0.717, 1.165) is 26.0 Å². The molecule has 2 saturated heterocycles. The zero-order valence-electron chi connectivity index (χ0n) is 14.1. The predicted molar refractivity (Wildman–Crippen MR) is 82.4 cm³/mol. The van der Waals surface area contributed by atoms with Gasteiger partial charge in [0.05, 0.1) is 13.2 Å². The molecule has 5 heteroatoms. The van der Waals surface area contributed by atoms with Crippen molar-refractivity contribution < 1.29 is 14.3 Å². The second-order valence-corrected chi connectivity index (χ2v) is 7.70. The highest BCUT2D eigenvalue weighted by Crippen LogP contribution is 2.34. The monoisotopic (exact) mass is 298 g/mol. The SMILES string of the molecule is CC(C)CC1NCCOC12CCN(C(=O)OC(C)(C)C)C2. The van der Waals surface area contributed by atoms with Gasteiger partial charge in [-0.3, -0.25) is 0 Å². The lowest BCUT2D eigenvalue weighted by Crippen LogP contribution is -2.60. The Labute approximate surface area is 128 Å². The van der Waals surface area contributed by atoms with Gasteiger partial charge >= 0.3 is 6.09 Å². The summed E-state index contributed by atoms with van der Waals surface area (Å²) in [7, 11) is 0. The molecule has 2 rings (SSSR count). The number of hydrogen-bond donors (Lipinski definition) is 1. The molecule has 0 aliphatic carbocycles. The van der Waals surface area contributed by atoms with Gasteiger partial charge in [-0.25, -0.2) is 4.79 Å². The number of likely N-dealkylation sites (tertiary alicyclic amines) is 1. The molecule has 5 nitrogen and oxygen atoms in total. The molecule has 2 heterocycles. The number of nitrogens with zero attached hydrogens (tertiary/aromatic N) is 1. The zero-order valence-corrected chi connectivity index (χ0v) is 14.1. The van der Waals surface area contributed by atoms with E-state index in [9.17, 15) is 4.79 Å². The molecule has 2 unspecified atom stereocenters. The Kier molecular flexibility index (Phi) is 4.83. The van der Waals surface area contributed by atoms with E-state index in [4.69, 9.17) is 9.47 Å². The number of nitrogens with one attached hydrogen (secondary N) is 1. The van der Waals surface area contributed by atoms with Crippen LogP contribution in [0.25, 0.3) is 0 Å². The summed E-state index contributed by atoms with van der Waals surface area (Å²) in [5.41, 5.74) is -0.685. The standard InChI is InChI=1S/C16H30N2O3/c1-12(2)10-13-16(20-9-7-17-13)6-8-18(11-16)14(19)21-15(3,4)5/h12-13,17H,6-11H2,1-5H3. The first-order valence-corrected chi connectivity index (χ1v) is 8.07. The highest BCUT2D eigenvalue weighted by Gasteiger charge is 2.49. The first-order chi connectivity index (χ1) is 9.72. The minimum absolute atomic E-state index is 0.225. The van der Waals surface area contributed by atoms with E-state index in [0.29, 0.717) is 25.0 Å². The van der Waals surface area contributed by atoms with Gasteiger partial charge in [0.1, 0.15) is 11.2 Å². The minimum atomic E-state index is -0.449. The number of morpholine rings is 1. The molecule has 0 bridgehead atoms. The maximum Gasteiger partial charge on any atom is 0.410 e. The Bertz CT molecular complexity index is 378. The lowest BCUT2D eigenvalue weighted by atomic mass is 9.86. The third-order valence-electron chi connectivity index (χ3n) is 4.14. The topological polar surface area (TPSA) is 50.8 Å². The van der Waals surface area contributed by atoms with Crippen molar-refractivity contribution >= 4 is 6.09 Å². The Balaban J connectivity index is 2.02. The minimum Gasteiger partial charge on any atom is -0.444 e. The molecule has 21 heavy (non-hydrogen) atoms. The molecule has 2 aliphatic heterocycles. The summed E-state index contributed by atoms with van der Waals surface area (Å²) in [5.74, 6) is 0.608. The molecule has 2 aliphatic rings. The smallest absolute Gasteiger partial charge is 0.410 e. The number of ether oxygens (including phenoxy) is 2. The molecule has 0 aromatic heterocycles. The van der Waals surface area contributed by atoms with Gasteiger partial charge in [0.15, 0.2) is 0 Å². The average Bonchev–Trinajstić information content (AvgIpc) is 2.75. The van der Waals surface area contributed by atoms with Crippen LogP contribution in [-0.2, 0) is 9.47 Å². The Hall–Kier alpha value is -0.810. The quantitative estimate of drug-likeness (QED) is 0.850. The van der Waals surface area contributed by atoms with Crippen LogP contribution in [0.2, 0.25) is 0 Å². The Morgan fingerprint density at radius 2 is 2.19 bits per heavy atom. The molecule has 2 fully saturated rings. The van der Waals surface area contributed by atoms with E-state index in [1.165, 1.54) is 0 Å². The van der Waals surface area contributed by atoms with Gasteiger partial charge in [0, 0.05) is 19.1 Å². The summed E-state index contributed by atoms with van der Waals surface area (Å²) in [5, 5.41) is 3.59. The predicted octanol–water partition coefficient (Wildman–Crippen LogP) is 2.40. The van der Waals surface area contributed by atoms with Crippen LogP contribution in [0.15, 0.2) is 0 Å². The van der Waals surface area contributed by atoms with Gasteiger partial charge in [-0.15, -0.1) is 0 Å². The fourth-order valence-electron chi connectivity index (χ4n) is 3.23. The van der Waals surface area contributed by atoms with Crippen molar-refractivity contribution in [1.29, 1.82) is 0 Å². The molecule has 1 N–H and O–H groups in total. The maximum atomic E-state index is 12.2. The Morgan fingerprint density at radius 1 is 1.48 bits per heavy atom. The fraction of sp³-hybridized carbons (Fsp3) is 0.938. The lowest BCUT2D eigenvalue weighted by molar-refractivity contribution is -0.0927. The molecule has 0 saturated carbocycles. The largest absolute Gasteiger partial charge is 0.444 e. The van der Waals surface area contributed by atoms with Crippen molar-refractivity contribution in [2.75, 3.05) is 26.2 Å². The fourth-order valence-corrected chi connectivity index (χ4v) is 3.23. The highest BCUT2D eigenvalue weighted by atomic mass is 16.6. The third-order valence-corrected chi connectivity index (χ3v) is 4.14. The van der Waals surface area contributed by atoms with E-state index >= 15 is 0 Å². The molecular weight excluding hydrogens is 268 g/mol. The van der Waals surface area contributed by atoms with Crippen molar-refractivity contribution in [3.05, 3.63) is 0 Å². The average molecular weight is 298 g/mol. The zero-order chi connectivity index (χ0) is 15.7. The van der Waals surface area contributed by atoms with Crippen LogP contribution in [0, 0.1) is 5.92 Å². The number of rotatable bonds is 2. The van der Waals surface area contributed by atoms with Gasteiger partial charge in [-0.1, -0.05) is 13.8 Å². The molecular formula is C16H30N2O3. The third kappa shape index (κ3) is 4.10. The van der Waals surface area contributed by atoms with Crippen molar-refractivity contribution in [3.8, 4) is 0 Å². The molecule has 0 aromatic rings. The molecule has 1 spiro atoms. The first-order valence-electron chi connectivity index (χ1n) is 8.07. The van der Waals surface area contributed by atoms with Crippen LogP contribution in [0.1, 0.15) is 47.5 Å². The van der Waals surface area contributed by atoms with Crippen LogP contribution in [0.3, 0.4) is 0 Å². The van der Waals surface area contributed by atoms with Crippen LogP contribution >= 0.6 is 0 Å². The van der Waals surface area contributed by atoms with Crippen molar-refractivity contribution in [3.63, 3.8) is 0 Å². The van der Waals surface area contributed by atoms with Gasteiger partial charge in [-0.05, 0) is 39.5 Å². The summed E-state index contributed by atoms with van der Waals surface area (Å²) in [6, 6.07) is 0.318. The normalized spacial score (nSPS) is 30.2. The number of carbonyl (C=O) groups excluding carboxylic acids is 1. The molecule has 0 radical (unpaired) electrons. The lowest BCUT2D eigenvalue weighted by Gasteiger charge is -2.42. The molecule has 1 amide bonds. The number of hydrogen-bond acceptors (Lipinski definition) is 4. The van der Waals surface area contributed by atoms with E-state index in [2.05, 4.69) is 19.2 Å². The molecule has 0 aromatic carbocycles. The second-order valence-electron chi connectivity index (χ2n) is 7.70. The van der Waals surface area contributed by atoms with E-state index in [-0.39, 0.29) is 11.7 Å². The summed E-state index contributed by atoms with van der Waals surface area (Å²) in [4.78, 5) is 14.0. The van der Waals surface area contributed by atoms with Crippen LogP contribution in [-0.4, -0.2) is 54.5 Å². The molecule has 122 valence electrons. The van der Waals surface area contributed by atoms with Crippen LogP contribution < -0.4 is 5.32 Å². The second kappa shape index (κ2) is 6.13. The van der Waals surface area contributed by atoms with E-state index in [1.807, 2.05) is 20.8 Å². The summed E-state index contributed by atoms with van der Waals surface area (Å²) in [6.45, 7) is 13.1. The van der Waals surface area contributed by atoms with Crippen molar-refractivity contribution in [1.82, 2.24) is 10.2 Å². The van der Waals surface area contributed by atoms with Gasteiger partial charge in [0.25, 0.3) is 0 Å². The van der Waals surface area contributed by atoms with Crippen molar-refractivity contribution in [2.45, 2.75) is 64.7 Å². The maximum absolute atomic E-state index is 12.2. The van der Waals surface area contributed by atoms with Crippen molar-refractivity contribution in [2.24, 2.45) is 5.92 Å².